The van der Waals surface area contributed by atoms with E-state index in [0.29, 0.717) is 12.5 Å². The molecule has 0 saturated carbocycles. The summed E-state index contributed by atoms with van der Waals surface area (Å²) in [7, 11) is 0. The van der Waals surface area contributed by atoms with E-state index in [-0.39, 0.29) is 12.2 Å². The molecule has 0 bridgehead atoms. The molecule has 0 heterocycles. The Morgan fingerprint density at radius 1 is 1.19 bits per heavy atom. The van der Waals surface area contributed by atoms with Crippen LogP contribution in [0.4, 0.5) is 13.2 Å². The predicted octanol–water partition coefficient (Wildman–Crippen LogP) is 2.81. The topological polar surface area (TPSA) is 40.5 Å². The Bertz CT molecular complexity index is 383. The summed E-state index contributed by atoms with van der Waals surface area (Å²) in [5.74, 6) is -0.432. The number of rotatable bonds is 3. The summed E-state index contributed by atoms with van der Waals surface area (Å²) in [6.45, 7) is -0.0680. The van der Waals surface area contributed by atoms with Crippen LogP contribution in [-0.2, 0) is 6.18 Å². The molecule has 0 aromatic heterocycles. The minimum atomic E-state index is -4.47. The molecule has 1 aromatic carbocycles. The molecular weight excluding hydrogens is 221 g/mol. The maximum Gasteiger partial charge on any atom is 0.416 e. The highest BCUT2D eigenvalue weighted by atomic mass is 19.4. The summed E-state index contributed by atoms with van der Waals surface area (Å²) in [6.07, 6.45) is -1.16. The summed E-state index contributed by atoms with van der Waals surface area (Å²) in [6, 6.07) is 2.83. The predicted molar refractivity (Wildman–Crippen MR) is 53.8 cm³/mol. The lowest BCUT2D eigenvalue weighted by molar-refractivity contribution is -0.137. The van der Waals surface area contributed by atoms with E-state index < -0.39 is 17.5 Å². The number of aromatic hydroxyl groups is 1. The van der Waals surface area contributed by atoms with Gasteiger partial charge in [0.25, 0.3) is 0 Å². The van der Waals surface area contributed by atoms with Crippen LogP contribution >= 0.6 is 0 Å². The van der Waals surface area contributed by atoms with Crippen LogP contribution in [0.3, 0.4) is 0 Å². The number of benzene rings is 1. The molecule has 2 N–H and O–H groups in total. The number of hydrogen-bond donors (Lipinski definition) is 2. The second-order valence-electron chi connectivity index (χ2n) is 3.23. The number of aliphatic hydroxyl groups is 1. The Labute approximate surface area is 90.7 Å². The monoisotopic (exact) mass is 232 g/mol. The van der Waals surface area contributed by atoms with Crippen LogP contribution in [0.25, 0.3) is 6.08 Å². The first-order valence-electron chi connectivity index (χ1n) is 4.62. The molecule has 0 spiro atoms. The van der Waals surface area contributed by atoms with Crippen LogP contribution in [0, 0.1) is 0 Å². The third-order valence-electron chi connectivity index (χ3n) is 1.87. The van der Waals surface area contributed by atoms with E-state index in [9.17, 15) is 13.2 Å². The lowest BCUT2D eigenvalue weighted by Crippen LogP contribution is -2.04. The fourth-order valence-electron chi connectivity index (χ4n) is 1.19. The highest BCUT2D eigenvalue weighted by molar-refractivity contribution is 5.53. The van der Waals surface area contributed by atoms with E-state index >= 15 is 0 Å². The molecule has 16 heavy (non-hydrogen) atoms. The van der Waals surface area contributed by atoms with Crippen molar-refractivity contribution in [1.29, 1.82) is 0 Å². The van der Waals surface area contributed by atoms with Gasteiger partial charge in [0.15, 0.2) is 0 Å². The van der Waals surface area contributed by atoms with Crippen LogP contribution in [0.1, 0.15) is 17.5 Å². The summed E-state index contributed by atoms with van der Waals surface area (Å²) in [5.41, 5.74) is -0.642. The Balaban J connectivity index is 2.99. The summed E-state index contributed by atoms with van der Waals surface area (Å²) in [4.78, 5) is 0. The molecule has 0 radical (unpaired) electrons. The van der Waals surface area contributed by atoms with Crippen molar-refractivity contribution in [2.45, 2.75) is 12.6 Å². The van der Waals surface area contributed by atoms with Gasteiger partial charge in [-0.2, -0.15) is 13.2 Å². The van der Waals surface area contributed by atoms with E-state index in [1.807, 2.05) is 0 Å². The standard InChI is InChI=1S/C11H11F3O2/c12-11(13,14)9-5-8(3-1-2-4-15)6-10(16)7-9/h1,3,5-7,15-16H,2,4H2. The maximum atomic E-state index is 12.4. The first kappa shape index (κ1) is 12.6. The number of phenolic OH excluding ortho intramolecular Hbond substituents is 1. The van der Waals surface area contributed by atoms with Crippen molar-refractivity contribution in [2.24, 2.45) is 0 Å². The Kier molecular flexibility index (Phi) is 3.95. The minimum absolute atomic E-state index is 0.0680. The van der Waals surface area contributed by atoms with Gasteiger partial charge in [-0.05, 0) is 30.2 Å². The Morgan fingerprint density at radius 3 is 2.44 bits per heavy atom. The molecule has 0 aliphatic carbocycles. The average Bonchev–Trinajstić information content (AvgIpc) is 2.16. The molecule has 0 aliphatic rings. The van der Waals surface area contributed by atoms with Crippen LogP contribution in [0.5, 0.6) is 5.75 Å². The van der Waals surface area contributed by atoms with Gasteiger partial charge in [-0.3, -0.25) is 0 Å². The highest BCUT2D eigenvalue weighted by Gasteiger charge is 2.31. The molecule has 1 aromatic rings. The zero-order valence-corrected chi connectivity index (χ0v) is 8.33. The number of hydrogen-bond acceptors (Lipinski definition) is 2. The van der Waals surface area contributed by atoms with Crippen LogP contribution in [-0.4, -0.2) is 16.8 Å². The van der Waals surface area contributed by atoms with Crippen molar-refractivity contribution in [3.8, 4) is 5.75 Å². The van der Waals surface area contributed by atoms with Crippen molar-refractivity contribution < 1.29 is 23.4 Å². The molecule has 0 saturated heterocycles. The van der Waals surface area contributed by atoms with Gasteiger partial charge in [-0.25, -0.2) is 0 Å². The smallest absolute Gasteiger partial charge is 0.416 e. The summed E-state index contributed by atoms with van der Waals surface area (Å²) >= 11 is 0. The van der Waals surface area contributed by atoms with Crippen molar-refractivity contribution in [2.75, 3.05) is 6.61 Å². The SMILES string of the molecule is OCCC=Cc1cc(O)cc(C(F)(F)F)c1. The third-order valence-corrected chi connectivity index (χ3v) is 1.87. The number of alkyl halides is 3. The molecule has 5 heteroatoms. The first-order chi connectivity index (χ1) is 7.43. The minimum Gasteiger partial charge on any atom is -0.508 e. The summed E-state index contributed by atoms with van der Waals surface area (Å²) in [5, 5.41) is 17.6. The number of halogens is 3. The van der Waals surface area contributed by atoms with Gasteiger partial charge in [-0.15, -0.1) is 0 Å². The Hall–Kier alpha value is -1.49. The van der Waals surface area contributed by atoms with Crippen molar-refractivity contribution in [1.82, 2.24) is 0 Å². The largest absolute Gasteiger partial charge is 0.508 e. The quantitative estimate of drug-likeness (QED) is 0.841. The van der Waals surface area contributed by atoms with Gasteiger partial charge in [0.1, 0.15) is 5.75 Å². The van der Waals surface area contributed by atoms with Gasteiger partial charge in [0.05, 0.1) is 5.56 Å². The normalized spacial score (nSPS) is 12.2. The molecular formula is C11H11F3O2. The van der Waals surface area contributed by atoms with E-state index in [4.69, 9.17) is 10.2 Å². The van der Waals surface area contributed by atoms with Gasteiger partial charge in [-0.1, -0.05) is 12.2 Å². The molecule has 0 fully saturated rings. The van der Waals surface area contributed by atoms with Crippen LogP contribution in [0.2, 0.25) is 0 Å². The zero-order valence-electron chi connectivity index (χ0n) is 8.33. The van der Waals surface area contributed by atoms with Crippen LogP contribution in [0.15, 0.2) is 24.3 Å². The molecule has 0 unspecified atom stereocenters. The van der Waals surface area contributed by atoms with Crippen molar-refractivity contribution >= 4 is 6.08 Å². The second-order valence-corrected chi connectivity index (χ2v) is 3.23. The fraction of sp³-hybridized carbons (Fsp3) is 0.273. The third kappa shape index (κ3) is 3.58. The highest BCUT2D eigenvalue weighted by Crippen LogP contribution is 2.32. The van der Waals surface area contributed by atoms with Gasteiger partial charge < -0.3 is 10.2 Å². The van der Waals surface area contributed by atoms with E-state index in [1.165, 1.54) is 18.2 Å². The number of phenols is 1. The van der Waals surface area contributed by atoms with E-state index in [0.717, 1.165) is 6.07 Å². The molecule has 1 rings (SSSR count). The second kappa shape index (κ2) is 5.03. The zero-order chi connectivity index (χ0) is 12.2. The lowest BCUT2D eigenvalue weighted by atomic mass is 10.1. The fourth-order valence-corrected chi connectivity index (χ4v) is 1.19. The molecule has 88 valence electrons. The average molecular weight is 232 g/mol. The summed E-state index contributed by atoms with van der Waals surface area (Å²) < 4.78 is 37.1. The van der Waals surface area contributed by atoms with Crippen molar-refractivity contribution in [3.05, 3.63) is 35.4 Å². The maximum absolute atomic E-state index is 12.4. The number of aliphatic hydroxyl groups excluding tert-OH is 1. The Morgan fingerprint density at radius 2 is 1.88 bits per heavy atom. The molecule has 0 aliphatic heterocycles. The van der Waals surface area contributed by atoms with E-state index in [1.54, 1.807) is 0 Å². The van der Waals surface area contributed by atoms with Gasteiger partial charge >= 0.3 is 6.18 Å². The first-order valence-corrected chi connectivity index (χ1v) is 4.62. The van der Waals surface area contributed by atoms with Gasteiger partial charge in [0.2, 0.25) is 0 Å². The lowest BCUT2D eigenvalue weighted by Gasteiger charge is -2.08. The van der Waals surface area contributed by atoms with Crippen LogP contribution < -0.4 is 0 Å². The molecule has 2 nitrogen and oxygen atoms in total. The van der Waals surface area contributed by atoms with Crippen molar-refractivity contribution in [3.63, 3.8) is 0 Å². The molecule has 0 atom stereocenters. The molecule has 0 amide bonds. The van der Waals surface area contributed by atoms with E-state index in [2.05, 4.69) is 0 Å². The van der Waals surface area contributed by atoms with Gasteiger partial charge in [0, 0.05) is 6.61 Å².